The number of anilines is 1. The maximum atomic E-state index is 14.5. The lowest BCUT2D eigenvalue weighted by molar-refractivity contribution is -0.316. The summed E-state index contributed by atoms with van der Waals surface area (Å²) >= 11 is 6.24. The second-order valence-electron chi connectivity index (χ2n) is 19.9. The fourth-order valence-electron chi connectivity index (χ4n) is 10.5. The van der Waals surface area contributed by atoms with Crippen molar-refractivity contribution in [1.82, 2.24) is 15.2 Å². The molecule has 0 aliphatic carbocycles. The summed E-state index contributed by atoms with van der Waals surface area (Å²) in [6, 6.07) is 6.51. The summed E-state index contributed by atoms with van der Waals surface area (Å²) in [5.41, 5.74) is -2.88. The molecule has 3 fully saturated rings. The van der Waals surface area contributed by atoms with E-state index in [9.17, 15) is 30.3 Å². The fourth-order valence-corrected chi connectivity index (χ4v) is 10.6. The minimum absolute atomic E-state index is 0.112. The molecule has 3 saturated heterocycles. The first-order valence-electron chi connectivity index (χ1n) is 23.5. The Bertz CT molecular complexity index is 1850. The molecule has 370 valence electrons. The van der Waals surface area contributed by atoms with Crippen molar-refractivity contribution >= 4 is 34.2 Å². The van der Waals surface area contributed by atoms with Crippen molar-refractivity contribution in [2.24, 2.45) is 17.8 Å². The molecule has 18 atom stereocenters. The Balaban J connectivity index is 1.52. The quantitative estimate of drug-likeness (QED) is 0.114. The average molecular weight is 940 g/mol. The largest absolute Gasteiger partial charge is 0.459 e. The molecule has 17 heteroatoms. The van der Waals surface area contributed by atoms with Crippen molar-refractivity contribution in [1.29, 1.82) is 0 Å². The van der Waals surface area contributed by atoms with E-state index >= 15 is 0 Å². The number of fused-ring (bicyclic) bond motifs is 1. The molecule has 0 spiro atoms. The van der Waals surface area contributed by atoms with E-state index in [0.29, 0.717) is 37.5 Å². The molecule has 0 bridgehead atoms. The number of carbonyl (C=O) groups excluding carboxylic acids is 1. The number of halogens is 1. The van der Waals surface area contributed by atoms with Crippen molar-refractivity contribution in [3.63, 3.8) is 0 Å². The highest BCUT2D eigenvalue weighted by atomic mass is 35.5. The number of likely N-dealkylation sites (N-methyl/N-ethyl adjacent to an activating group) is 1. The van der Waals surface area contributed by atoms with Crippen LogP contribution in [0.15, 0.2) is 30.5 Å². The van der Waals surface area contributed by atoms with Gasteiger partial charge in [-0.3, -0.25) is 14.7 Å². The van der Waals surface area contributed by atoms with Crippen molar-refractivity contribution in [3.8, 4) is 0 Å². The zero-order valence-electron chi connectivity index (χ0n) is 40.6. The number of hydrogen-bond acceptors (Lipinski definition) is 16. The number of hydrogen-bond donors (Lipinski definition) is 7. The summed E-state index contributed by atoms with van der Waals surface area (Å²) in [4.78, 5) is 21.1. The van der Waals surface area contributed by atoms with Crippen LogP contribution in [-0.4, -0.2) is 165 Å². The van der Waals surface area contributed by atoms with E-state index < -0.39 is 96.0 Å². The van der Waals surface area contributed by atoms with Gasteiger partial charge >= 0.3 is 5.97 Å². The number of cyclic esters (lactones) is 1. The van der Waals surface area contributed by atoms with Gasteiger partial charge in [-0.05, 0) is 111 Å². The number of ether oxygens (including phenoxy) is 6. The summed E-state index contributed by atoms with van der Waals surface area (Å²) in [5, 5.41) is 68.0. The molecule has 0 radical (unpaired) electrons. The van der Waals surface area contributed by atoms with Gasteiger partial charge in [0.15, 0.2) is 12.6 Å². The SMILES string of the molecule is CC[C@H]1OC(=O)[C@H](C)[C@@H](O[C@H]2C[C@@](C)(OC)[C@@H](O)[C@H](C)O2)[C@H](C)[C@@H](O[C@@H]2O[C@H](C)C[C@H](NC)[C@H]2O)[C@](C)(O)C[C@@H](C)CN(CCCNc2ccnc3cc(Cl)ccc23)[C@H](C)[C@@H](O)[C@]1(C)O. The molecular weight excluding hydrogens is 860 g/mol. The average Bonchev–Trinajstić information content (AvgIpc) is 3.25. The third-order valence-electron chi connectivity index (χ3n) is 14.4. The number of rotatable bonds is 12. The molecule has 5 rings (SSSR count). The zero-order chi connectivity index (χ0) is 48.2. The number of pyridine rings is 1. The second kappa shape index (κ2) is 22.4. The number of carbonyl (C=O) groups is 1. The molecule has 1 aromatic carbocycles. The van der Waals surface area contributed by atoms with Crippen molar-refractivity contribution in [2.75, 3.05) is 39.1 Å². The Morgan fingerprint density at radius 2 is 1.69 bits per heavy atom. The third kappa shape index (κ3) is 12.5. The van der Waals surface area contributed by atoms with Crippen LogP contribution in [0.25, 0.3) is 10.9 Å². The van der Waals surface area contributed by atoms with Gasteiger partial charge in [-0.15, -0.1) is 0 Å². The normalized spacial score (nSPS) is 41.9. The molecule has 3 aliphatic heterocycles. The highest BCUT2D eigenvalue weighted by molar-refractivity contribution is 6.31. The molecule has 2 aromatic rings. The van der Waals surface area contributed by atoms with E-state index in [1.54, 1.807) is 47.9 Å². The number of aliphatic hydroxyl groups excluding tert-OH is 3. The minimum Gasteiger partial charge on any atom is -0.459 e. The number of aromatic nitrogens is 1. The molecule has 0 saturated carbocycles. The first kappa shape index (κ1) is 53.7. The van der Waals surface area contributed by atoms with Crippen LogP contribution >= 0.6 is 11.6 Å². The first-order valence-corrected chi connectivity index (χ1v) is 23.9. The van der Waals surface area contributed by atoms with Gasteiger partial charge in [0, 0.05) is 73.5 Å². The van der Waals surface area contributed by atoms with Gasteiger partial charge in [0.1, 0.15) is 30.0 Å². The summed E-state index contributed by atoms with van der Waals surface area (Å²) < 4.78 is 38.0. The van der Waals surface area contributed by atoms with Crippen molar-refractivity contribution in [3.05, 3.63) is 35.5 Å². The van der Waals surface area contributed by atoms with Gasteiger partial charge < -0.3 is 64.6 Å². The second-order valence-corrected chi connectivity index (χ2v) is 20.3. The zero-order valence-corrected chi connectivity index (χ0v) is 41.3. The Labute approximate surface area is 391 Å². The number of nitrogens with zero attached hydrogens (tertiary/aromatic N) is 2. The lowest BCUT2D eigenvalue weighted by Crippen LogP contribution is -2.60. The van der Waals surface area contributed by atoms with Crippen LogP contribution in [0.1, 0.15) is 101 Å². The Morgan fingerprint density at radius 1 is 0.985 bits per heavy atom. The Hall–Kier alpha value is -2.29. The van der Waals surface area contributed by atoms with Gasteiger partial charge in [-0.1, -0.05) is 32.4 Å². The first-order chi connectivity index (χ1) is 30.5. The molecule has 16 nitrogen and oxygen atoms in total. The predicted molar refractivity (Wildman–Crippen MR) is 248 cm³/mol. The maximum absolute atomic E-state index is 14.5. The Morgan fingerprint density at radius 3 is 2.35 bits per heavy atom. The summed E-state index contributed by atoms with van der Waals surface area (Å²) in [6.07, 6.45) is -6.41. The Kier molecular flexibility index (Phi) is 18.5. The van der Waals surface area contributed by atoms with Crippen LogP contribution in [0, 0.1) is 17.8 Å². The van der Waals surface area contributed by atoms with Crippen LogP contribution in [0.4, 0.5) is 5.69 Å². The van der Waals surface area contributed by atoms with Crippen LogP contribution in [-0.2, 0) is 33.2 Å². The summed E-state index contributed by atoms with van der Waals surface area (Å²) in [5.74, 6) is -2.77. The summed E-state index contributed by atoms with van der Waals surface area (Å²) in [6.45, 7) is 19.2. The predicted octanol–water partition coefficient (Wildman–Crippen LogP) is 4.63. The number of esters is 1. The van der Waals surface area contributed by atoms with Gasteiger partial charge in [0.05, 0.1) is 47.1 Å². The number of nitrogens with one attached hydrogen (secondary N) is 2. The molecule has 3 aliphatic rings. The highest BCUT2D eigenvalue weighted by Gasteiger charge is 2.52. The molecule has 65 heavy (non-hydrogen) atoms. The van der Waals surface area contributed by atoms with E-state index in [-0.39, 0.29) is 37.3 Å². The lowest BCUT2D eigenvalue weighted by Gasteiger charge is -2.48. The monoisotopic (exact) mass is 939 g/mol. The van der Waals surface area contributed by atoms with E-state index in [1.807, 2.05) is 52.0 Å². The van der Waals surface area contributed by atoms with Crippen LogP contribution < -0.4 is 10.6 Å². The molecule has 4 heterocycles. The van der Waals surface area contributed by atoms with Crippen molar-refractivity contribution < 1.29 is 58.7 Å². The van der Waals surface area contributed by atoms with Gasteiger partial charge in [-0.25, -0.2) is 0 Å². The third-order valence-corrected chi connectivity index (χ3v) is 14.7. The lowest BCUT2D eigenvalue weighted by atomic mass is 9.77. The van der Waals surface area contributed by atoms with Crippen LogP contribution in [0.3, 0.4) is 0 Å². The number of aliphatic hydroxyl groups is 5. The number of benzene rings is 1. The van der Waals surface area contributed by atoms with E-state index in [0.717, 1.165) is 16.6 Å². The topological polar surface area (TPSA) is 214 Å². The van der Waals surface area contributed by atoms with Crippen LogP contribution in [0.2, 0.25) is 5.02 Å². The smallest absolute Gasteiger partial charge is 0.311 e. The molecule has 0 amide bonds. The van der Waals surface area contributed by atoms with E-state index in [1.165, 1.54) is 14.0 Å². The standard InChI is InChI=1S/C48H79ClN4O12/c1-13-37-48(10,59)41(55)30(6)53(20-14-18-51-34-17-19-52-35-22-32(49)15-16-33(34)35)25-26(2)23-46(8,58)43(65-45-39(54)36(50-11)21-27(3)61-45)28(4)40(29(5)44(57)63-37)64-38-24-47(9,60-12)42(56)31(7)62-38/h15-17,19,22,26-31,36-43,45,50,54-56,58-59H,13-14,18,20-21,23-25H2,1-12H3,(H,51,52)/t26-,27-,28+,29-,30-,31+,36+,37-,38+,39-,40+,41-,42+,43-,45+,46-,47-,48-/m1/s1. The van der Waals surface area contributed by atoms with Crippen LogP contribution in [0.5, 0.6) is 0 Å². The highest BCUT2D eigenvalue weighted by Crippen LogP contribution is 2.40. The maximum Gasteiger partial charge on any atom is 0.311 e. The number of methoxy groups -OCH3 is 1. The van der Waals surface area contributed by atoms with Gasteiger partial charge in [-0.2, -0.15) is 0 Å². The van der Waals surface area contributed by atoms with E-state index in [4.69, 9.17) is 40.0 Å². The fraction of sp³-hybridized carbons (Fsp3) is 0.792. The van der Waals surface area contributed by atoms with Gasteiger partial charge in [0.2, 0.25) is 0 Å². The van der Waals surface area contributed by atoms with Crippen molar-refractivity contribution in [2.45, 2.75) is 192 Å². The molecule has 0 unspecified atom stereocenters. The van der Waals surface area contributed by atoms with Gasteiger partial charge in [0.25, 0.3) is 0 Å². The molecule has 1 aromatic heterocycles. The molecule has 7 N–H and O–H groups in total. The van der Waals surface area contributed by atoms with E-state index in [2.05, 4.69) is 20.5 Å². The minimum atomic E-state index is -1.88. The summed E-state index contributed by atoms with van der Waals surface area (Å²) in [7, 11) is 3.27. The molecular formula is C48H79ClN4O12.